The molecule has 2 heterocycles. The summed E-state index contributed by atoms with van der Waals surface area (Å²) in [5.41, 5.74) is 0. The molecule has 7 heteroatoms. The predicted octanol–water partition coefficient (Wildman–Crippen LogP) is 2.33. The number of nitrogens with zero attached hydrogens (tertiary/aromatic N) is 2. The van der Waals surface area contributed by atoms with Crippen LogP contribution in [0.4, 0.5) is 0 Å². The molecule has 17 heavy (non-hydrogen) atoms. The highest BCUT2D eigenvalue weighted by molar-refractivity contribution is 7.91. The first-order valence-electron chi connectivity index (χ1n) is 5.19. The van der Waals surface area contributed by atoms with Gasteiger partial charge in [0.1, 0.15) is 4.21 Å². The van der Waals surface area contributed by atoms with Crippen LogP contribution in [0.1, 0.15) is 12.8 Å². The molecular weight excluding hydrogens is 280 g/mol. The van der Waals surface area contributed by atoms with Crippen molar-refractivity contribution >= 4 is 33.0 Å². The number of hydrogen-bond acceptors (Lipinski definition) is 4. The van der Waals surface area contributed by atoms with Crippen LogP contribution in [0.2, 0.25) is 4.34 Å². The van der Waals surface area contributed by atoms with Crippen LogP contribution in [0.25, 0.3) is 0 Å². The monoisotopic (exact) mass is 290 g/mol. The summed E-state index contributed by atoms with van der Waals surface area (Å²) in [5, 5.41) is 8.86. The first kappa shape index (κ1) is 12.8. The van der Waals surface area contributed by atoms with Crippen LogP contribution in [-0.2, 0) is 10.0 Å². The molecule has 2 rings (SSSR count). The number of sulfonamides is 1. The molecule has 1 aliphatic heterocycles. The molecule has 1 aromatic rings. The van der Waals surface area contributed by atoms with Gasteiger partial charge >= 0.3 is 0 Å². The van der Waals surface area contributed by atoms with Gasteiger partial charge in [-0.25, -0.2) is 8.42 Å². The third-order valence-corrected chi connectivity index (χ3v) is 6.27. The van der Waals surface area contributed by atoms with Crippen molar-refractivity contribution in [2.45, 2.75) is 17.1 Å². The molecule has 1 aromatic heterocycles. The summed E-state index contributed by atoms with van der Waals surface area (Å²) in [6.07, 6.45) is 1.50. The summed E-state index contributed by atoms with van der Waals surface area (Å²) in [5.74, 6) is -0.200. The summed E-state index contributed by atoms with van der Waals surface area (Å²) in [6, 6.07) is 5.22. The molecule has 0 radical (unpaired) electrons. The fourth-order valence-corrected chi connectivity index (χ4v) is 4.99. The molecular formula is C10H11ClN2O2S2. The highest BCUT2D eigenvalue weighted by Crippen LogP contribution is 2.30. The van der Waals surface area contributed by atoms with Crippen LogP contribution in [-0.4, -0.2) is 25.8 Å². The van der Waals surface area contributed by atoms with E-state index in [1.807, 2.05) is 0 Å². The second-order valence-corrected chi connectivity index (χ2v) is 7.77. The summed E-state index contributed by atoms with van der Waals surface area (Å²) in [7, 11) is -3.47. The smallest absolute Gasteiger partial charge is 0.206 e. The maximum absolute atomic E-state index is 12.2. The molecule has 0 aromatic carbocycles. The minimum atomic E-state index is -3.47. The Balaban J connectivity index is 2.24. The zero-order valence-electron chi connectivity index (χ0n) is 8.97. The number of rotatable bonds is 2. The van der Waals surface area contributed by atoms with Gasteiger partial charge in [-0.15, -0.1) is 11.3 Å². The first-order valence-corrected chi connectivity index (χ1v) is 7.82. The average Bonchev–Trinajstić information content (AvgIpc) is 2.76. The van der Waals surface area contributed by atoms with E-state index >= 15 is 0 Å². The number of piperidine rings is 1. The van der Waals surface area contributed by atoms with Gasteiger partial charge in [0.25, 0.3) is 10.0 Å². The van der Waals surface area contributed by atoms with Gasteiger partial charge in [-0.3, -0.25) is 0 Å². The molecule has 92 valence electrons. The molecule has 1 fully saturated rings. The van der Waals surface area contributed by atoms with E-state index in [9.17, 15) is 8.42 Å². The maximum Gasteiger partial charge on any atom is 0.252 e. The van der Waals surface area contributed by atoms with Crippen LogP contribution < -0.4 is 0 Å². The third kappa shape index (κ3) is 2.63. The molecule has 1 saturated heterocycles. The van der Waals surface area contributed by atoms with Gasteiger partial charge in [0.15, 0.2) is 0 Å². The van der Waals surface area contributed by atoms with Gasteiger partial charge < -0.3 is 0 Å². The lowest BCUT2D eigenvalue weighted by Crippen LogP contribution is -2.39. The van der Waals surface area contributed by atoms with Crippen molar-refractivity contribution in [3.8, 4) is 6.07 Å². The minimum absolute atomic E-state index is 0.200. The quantitative estimate of drug-likeness (QED) is 0.840. The van der Waals surface area contributed by atoms with E-state index in [-0.39, 0.29) is 16.7 Å². The Morgan fingerprint density at radius 1 is 1.53 bits per heavy atom. The topological polar surface area (TPSA) is 61.2 Å². The van der Waals surface area contributed by atoms with Gasteiger partial charge in [0, 0.05) is 13.1 Å². The van der Waals surface area contributed by atoms with Crippen molar-refractivity contribution in [2.24, 2.45) is 5.92 Å². The standard InChI is InChI=1S/C10H11ClN2O2S2/c11-9-3-4-10(16-9)17(14,15)13-5-1-2-8(6-12)7-13/h3-4,8H,1-2,5,7H2. The molecule has 0 spiro atoms. The van der Waals surface area contributed by atoms with E-state index in [4.69, 9.17) is 16.9 Å². The molecule has 0 bridgehead atoms. The fourth-order valence-electron chi connectivity index (χ4n) is 1.83. The lowest BCUT2D eigenvalue weighted by molar-refractivity contribution is 0.305. The lowest BCUT2D eigenvalue weighted by Gasteiger charge is -2.28. The number of halogens is 1. The van der Waals surface area contributed by atoms with Crippen LogP contribution in [0.3, 0.4) is 0 Å². The Morgan fingerprint density at radius 3 is 2.88 bits per heavy atom. The van der Waals surface area contributed by atoms with Crippen LogP contribution in [0, 0.1) is 17.2 Å². The second kappa shape index (κ2) is 4.94. The summed E-state index contributed by atoms with van der Waals surface area (Å²) in [6.45, 7) is 0.768. The van der Waals surface area contributed by atoms with Crippen molar-refractivity contribution < 1.29 is 8.42 Å². The SMILES string of the molecule is N#CC1CCCN(S(=O)(=O)c2ccc(Cl)s2)C1. The molecule has 0 aliphatic carbocycles. The molecule has 1 unspecified atom stereocenters. The summed E-state index contributed by atoms with van der Waals surface area (Å²) >= 11 is 6.79. The summed E-state index contributed by atoms with van der Waals surface area (Å²) in [4.78, 5) is 0. The Labute approximate surface area is 109 Å². The van der Waals surface area contributed by atoms with Gasteiger partial charge in [-0.2, -0.15) is 9.57 Å². The Morgan fingerprint density at radius 2 is 2.29 bits per heavy atom. The van der Waals surface area contributed by atoms with Gasteiger partial charge in [0.05, 0.1) is 16.3 Å². The van der Waals surface area contributed by atoms with Gasteiger partial charge in [0.2, 0.25) is 0 Å². The summed E-state index contributed by atoms with van der Waals surface area (Å²) < 4.78 is 26.5. The van der Waals surface area contributed by atoms with Crippen molar-refractivity contribution in [2.75, 3.05) is 13.1 Å². The van der Waals surface area contributed by atoms with Crippen LogP contribution in [0.5, 0.6) is 0 Å². The first-order chi connectivity index (χ1) is 8.04. The highest BCUT2D eigenvalue weighted by atomic mass is 35.5. The normalized spacial score (nSPS) is 22.2. The molecule has 1 atom stereocenters. The Hall–Kier alpha value is -0.610. The highest BCUT2D eigenvalue weighted by Gasteiger charge is 2.31. The maximum atomic E-state index is 12.2. The third-order valence-electron chi connectivity index (χ3n) is 2.71. The second-order valence-electron chi connectivity index (χ2n) is 3.89. The number of hydrogen-bond donors (Lipinski definition) is 0. The molecule has 4 nitrogen and oxygen atoms in total. The van der Waals surface area contributed by atoms with E-state index < -0.39 is 10.0 Å². The zero-order chi connectivity index (χ0) is 12.5. The Bertz CT molecular complexity index is 547. The Kier molecular flexibility index (Phi) is 3.73. The van der Waals surface area contributed by atoms with E-state index in [1.54, 1.807) is 6.07 Å². The predicted molar refractivity (Wildman–Crippen MR) is 66.4 cm³/mol. The zero-order valence-corrected chi connectivity index (χ0v) is 11.4. The van der Waals surface area contributed by atoms with Crippen molar-refractivity contribution in [3.63, 3.8) is 0 Å². The van der Waals surface area contributed by atoms with Gasteiger partial charge in [-0.1, -0.05) is 11.6 Å². The lowest BCUT2D eigenvalue weighted by atomic mass is 10.0. The molecule has 0 saturated carbocycles. The molecule has 0 N–H and O–H groups in total. The largest absolute Gasteiger partial charge is 0.252 e. The van der Waals surface area contributed by atoms with Gasteiger partial charge in [-0.05, 0) is 25.0 Å². The van der Waals surface area contributed by atoms with Crippen molar-refractivity contribution in [3.05, 3.63) is 16.5 Å². The van der Waals surface area contributed by atoms with E-state index in [2.05, 4.69) is 6.07 Å². The van der Waals surface area contributed by atoms with Crippen molar-refractivity contribution in [1.29, 1.82) is 5.26 Å². The molecule has 0 amide bonds. The van der Waals surface area contributed by atoms with Crippen molar-refractivity contribution in [1.82, 2.24) is 4.31 Å². The number of nitriles is 1. The van der Waals surface area contributed by atoms with Crippen LogP contribution in [0.15, 0.2) is 16.3 Å². The van der Waals surface area contributed by atoms with E-state index in [1.165, 1.54) is 10.4 Å². The van der Waals surface area contributed by atoms with E-state index in [0.717, 1.165) is 24.2 Å². The van der Waals surface area contributed by atoms with E-state index in [0.29, 0.717) is 10.9 Å². The van der Waals surface area contributed by atoms with Crippen LogP contribution >= 0.6 is 22.9 Å². The minimum Gasteiger partial charge on any atom is -0.206 e. The molecule has 1 aliphatic rings. The number of thiophene rings is 1. The average molecular weight is 291 g/mol. The fraction of sp³-hybridized carbons (Fsp3) is 0.500.